The first-order chi connectivity index (χ1) is 15.5. The Balaban J connectivity index is 1.96. The zero-order valence-electron chi connectivity index (χ0n) is 20.2. The van der Waals surface area contributed by atoms with Gasteiger partial charge in [-0.15, -0.1) is 0 Å². The average molecular weight is 475 g/mol. The van der Waals surface area contributed by atoms with Crippen LogP contribution in [-0.4, -0.2) is 39.3 Å². The highest BCUT2D eigenvalue weighted by Gasteiger charge is 2.40. The van der Waals surface area contributed by atoms with Gasteiger partial charge < -0.3 is 14.8 Å². The molecule has 1 aliphatic heterocycles. The van der Waals surface area contributed by atoms with Crippen molar-refractivity contribution < 1.29 is 22.7 Å². The molecule has 0 radical (unpaired) electrons. The third-order valence-electron chi connectivity index (χ3n) is 6.46. The minimum Gasteiger partial charge on any atom is -0.495 e. The fourth-order valence-corrected chi connectivity index (χ4v) is 5.65. The molecule has 2 aromatic rings. The third kappa shape index (κ3) is 5.11. The Labute approximate surface area is 197 Å². The second-order valence-electron chi connectivity index (χ2n) is 8.71. The molecule has 3 rings (SSSR count). The number of benzene rings is 2. The van der Waals surface area contributed by atoms with Gasteiger partial charge in [-0.2, -0.15) is 0 Å². The minimum atomic E-state index is -3.78. The van der Waals surface area contributed by atoms with Crippen LogP contribution in [0.5, 0.6) is 11.5 Å². The number of ether oxygens (including phenoxy) is 2. The van der Waals surface area contributed by atoms with Gasteiger partial charge in [0.2, 0.25) is 15.9 Å². The van der Waals surface area contributed by atoms with Crippen LogP contribution in [0.25, 0.3) is 0 Å². The molecule has 0 aliphatic carbocycles. The van der Waals surface area contributed by atoms with Gasteiger partial charge in [-0.3, -0.25) is 9.10 Å². The topological polar surface area (TPSA) is 84.9 Å². The van der Waals surface area contributed by atoms with E-state index >= 15 is 0 Å². The maximum atomic E-state index is 13.5. The summed E-state index contributed by atoms with van der Waals surface area (Å²) in [4.78, 5) is 13.5. The third-order valence-corrected chi connectivity index (χ3v) is 7.69. The molecule has 7 nitrogen and oxygen atoms in total. The number of methoxy groups -OCH3 is 1. The number of nitrogens with one attached hydrogen (secondary N) is 1. The highest BCUT2D eigenvalue weighted by atomic mass is 32.2. The maximum Gasteiger partial charge on any atom is 0.244 e. The lowest BCUT2D eigenvalue weighted by Crippen LogP contribution is -2.51. The number of nitrogens with zero attached hydrogens (tertiary/aromatic N) is 1. The first-order valence-electron chi connectivity index (χ1n) is 11.3. The van der Waals surface area contributed by atoms with Gasteiger partial charge in [0.15, 0.2) is 0 Å². The van der Waals surface area contributed by atoms with Crippen LogP contribution in [0.15, 0.2) is 42.5 Å². The lowest BCUT2D eigenvalue weighted by molar-refractivity contribution is -0.123. The van der Waals surface area contributed by atoms with E-state index in [0.29, 0.717) is 17.9 Å². The normalized spacial score (nSPS) is 17.9. The second kappa shape index (κ2) is 9.63. The number of carbonyl (C=O) groups is 1. The summed E-state index contributed by atoms with van der Waals surface area (Å²) in [6.45, 7) is 7.61. The van der Waals surface area contributed by atoms with E-state index in [1.165, 1.54) is 7.11 Å². The van der Waals surface area contributed by atoms with Crippen LogP contribution in [0.3, 0.4) is 0 Å². The number of hydrogen-bond acceptors (Lipinski definition) is 5. The fourth-order valence-electron chi connectivity index (χ4n) is 4.48. The smallest absolute Gasteiger partial charge is 0.244 e. The summed E-state index contributed by atoms with van der Waals surface area (Å²) in [5.74, 6) is 0.760. The van der Waals surface area contributed by atoms with Crippen LogP contribution >= 0.6 is 0 Å². The summed E-state index contributed by atoms with van der Waals surface area (Å²) in [6, 6.07) is 11.7. The molecule has 2 atom stereocenters. The molecule has 0 saturated heterocycles. The number of anilines is 1. The zero-order chi connectivity index (χ0) is 24.4. The van der Waals surface area contributed by atoms with Crippen molar-refractivity contribution in [1.82, 2.24) is 5.32 Å². The molecule has 2 unspecified atom stereocenters. The van der Waals surface area contributed by atoms with Crippen molar-refractivity contribution in [3.05, 3.63) is 53.6 Å². The van der Waals surface area contributed by atoms with Crippen molar-refractivity contribution in [2.75, 3.05) is 17.7 Å². The van der Waals surface area contributed by atoms with Crippen LogP contribution in [-0.2, 0) is 14.8 Å². The molecular weight excluding hydrogens is 440 g/mol. The maximum absolute atomic E-state index is 13.5. The highest BCUT2D eigenvalue weighted by molar-refractivity contribution is 7.92. The molecule has 0 fully saturated rings. The Morgan fingerprint density at radius 2 is 1.91 bits per heavy atom. The molecule has 0 spiro atoms. The zero-order valence-corrected chi connectivity index (χ0v) is 21.0. The molecule has 0 bridgehead atoms. The van der Waals surface area contributed by atoms with E-state index in [4.69, 9.17) is 9.47 Å². The van der Waals surface area contributed by atoms with Crippen molar-refractivity contribution in [1.29, 1.82) is 0 Å². The quantitative estimate of drug-likeness (QED) is 0.615. The van der Waals surface area contributed by atoms with Gasteiger partial charge in [-0.25, -0.2) is 8.42 Å². The summed E-state index contributed by atoms with van der Waals surface area (Å²) < 4.78 is 38.5. The van der Waals surface area contributed by atoms with Crippen LogP contribution < -0.4 is 19.1 Å². The Hall–Kier alpha value is -2.74. The lowest BCUT2D eigenvalue weighted by Gasteiger charge is -2.42. The molecule has 1 aliphatic rings. The van der Waals surface area contributed by atoms with E-state index in [1.807, 2.05) is 37.3 Å². The van der Waals surface area contributed by atoms with Gasteiger partial charge in [0.1, 0.15) is 23.1 Å². The Bertz CT molecular complexity index is 1110. The number of hydrogen-bond donors (Lipinski definition) is 1. The number of rotatable bonds is 8. The SMILES string of the molecule is CCC1(CC)CC(NC(=O)C(C)N(c2cc(C)ccc2OC)S(C)(=O)=O)c2ccccc2O1. The van der Waals surface area contributed by atoms with E-state index in [2.05, 4.69) is 19.2 Å². The van der Waals surface area contributed by atoms with Crippen LogP contribution in [0.2, 0.25) is 0 Å². The van der Waals surface area contributed by atoms with Crippen molar-refractivity contribution in [3.63, 3.8) is 0 Å². The summed E-state index contributed by atoms with van der Waals surface area (Å²) >= 11 is 0. The van der Waals surface area contributed by atoms with E-state index in [1.54, 1.807) is 19.1 Å². The summed E-state index contributed by atoms with van der Waals surface area (Å²) in [5, 5.41) is 3.11. The molecule has 1 heterocycles. The predicted molar refractivity (Wildman–Crippen MR) is 130 cm³/mol. The number of para-hydroxylation sites is 1. The predicted octanol–water partition coefficient (Wildman–Crippen LogP) is 4.36. The van der Waals surface area contributed by atoms with Gasteiger partial charge in [0, 0.05) is 12.0 Å². The molecule has 1 amide bonds. The van der Waals surface area contributed by atoms with Gasteiger partial charge in [-0.1, -0.05) is 38.1 Å². The van der Waals surface area contributed by atoms with Crippen LogP contribution in [0.1, 0.15) is 57.2 Å². The number of aryl methyl sites for hydroxylation is 1. The summed E-state index contributed by atoms with van der Waals surface area (Å²) in [6.07, 6.45) is 3.31. The van der Waals surface area contributed by atoms with Gasteiger partial charge in [-0.05, 0) is 50.5 Å². The van der Waals surface area contributed by atoms with Gasteiger partial charge in [0.05, 0.1) is 25.1 Å². The van der Waals surface area contributed by atoms with E-state index in [9.17, 15) is 13.2 Å². The molecule has 0 aromatic heterocycles. The Morgan fingerprint density at radius 1 is 1.24 bits per heavy atom. The second-order valence-corrected chi connectivity index (χ2v) is 10.6. The van der Waals surface area contributed by atoms with E-state index < -0.39 is 16.1 Å². The fraction of sp³-hybridized carbons (Fsp3) is 0.480. The van der Waals surface area contributed by atoms with Crippen molar-refractivity contribution in [2.24, 2.45) is 0 Å². The van der Waals surface area contributed by atoms with Crippen molar-refractivity contribution in [3.8, 4) is 11.5 Å². The van der Waals surface area contributed by atoms with Crippen molar-refractivity contribution >= 4 is 21.6 Å². The van der Waals surface area contributed by atoms with Crippen LogP contribution in [0.4, 0.5) is 5.69 Å². The number of sulfonamides is 1. The molecule has 0 saturated carbocycles. The summed E-state index contributed by atoms with van der Waals surface area (Å²) in [7, 11) is -2.30. The first kappa shape index (κ1) is 24.9. The van der Waals surface area contributed by atoms with E-state index in [0.717, 1.165) is 40.3 Å². The van der Waals surface area contributed by atoms with Gasteiger partial charge >= 0.3 is 0 Å². The monoisotopic (exact) mass is 474 g/mol. The average Bonchev–Trinajstić information content (AvgIpc) is 2.78. The largest absolute Gasteiger partial charge is 0.495 e. The molecule has 180 valence electrons. The van der Waals surface area contributed by atoms with E-state index in [-0.39, 0.29) is 17.6 Å². The molecule has 2 aromatic carbocycles. The molecule has 1 N–H and O–H groups in total. The van der Waals surface area contributed by atoms with Crippen molar-refractivity contribution in [2.45, 2.75) is 64.6 Å². The summed E-state index contributed by atoms with van der Waals surface area (Å²) in [5.41, 5.74) is 1.72. The Kier molecular flexibility index (Phi) is 7.26. The Morgan fingerprint density at radius 3 is 2.52 bits per heavy atom. The number of carbonyl (C=O) groups excluding carboxylic acids is 1. The molecule has 8 heteroatoms. The first-order valence-corrected chi connectivity index (χ1v) is 13.1. The molecular formula is C25H34N2O5S. The van der Waals surface area contributed by atoms with Gasteiger partial charge in [0.25, 0.3) is 0 Å². The molecule has 33 heavy (non-hydrogen) atoms. The van der Waals surface area contributed by atoms with Crippen LogP contribution in [0, 0.1) is 6.92 Å². The number of amides is 1. The standard InChI is InChI=1S/C25H34N2O5S/c1-7-25(8-2)16-20(19-11-9-10-12-22(19)32-25)26-24(28)18(4)27(33(6,29)30)21-15-17(3)13-14-23(21)31-5/h9-15,18,20H,7-8,16H2,1-6H3,(H,26,28). The highest BCUT2D eigenvalue weighted by Crippen LogP contribution is 2.43. The lowest BCUT2D eigenvalue weighted by atomic mass is 9.83. The number of fused-ring (bicyclic) bond motifs is 1. The minimum absolute atomic E-state index is 0.286.